The molecule has 0 aliphatic heterocycles. The van der Waals surface area contributed by atoms with Crippen LogP contribution in [0.3, 0.4) is 0 Å². The number of phenols is 1. The van der Waals surface area contributed by atoms with Crippen LogP contribution in [0.25, 0.3) is 0 Å². The van der Waals surface area contributed by atoms with Crippen molar-refractivity contribution in [2.24, 2.45) is 5.90 Å². The maximum Gasteiger partial charge on any atom is 0.312 e. The normalized spacial score (nSPS) is 11.5. The molecular weight excluding hydrogens is 196 g/mol. The lowest BCUT2D eigenvalue weighted by Gasteiger charge is -2.02. The number of aromatic hydroxyl groups is 1. The van der Waals surface area contributed by atoms with Gasteiger partial charge in [0.1, 0.15) is 5.75 Å². The molecule has 0 spiro atoms. The molecule has 0 fully saturated rings. The van der Waals surface area contributed by atoms with Gasteiger partial charge >= 0.3 is 10.1 Å². The highest BCUT2D eigenvalue weighted by molar-refractivity contribution is 7.86. The van der Waals surface area contributed by atoms with Gasteiger partial charge in [0.2, 0.25) is 0 Å². The van der Waals surface area contributed by atoms with Crippen LogP contribution >= 0.6 is 0 Å². The topological polar surface area (TPSA) is 116 Å². The van der Waals surface area contributed by atoms with Crippen LogP contribution in [0.4, 0.5) is 5.69 Å². The van der Waals surface area contributed by atoms with Crippen molar-refractivity contribution < 1.29 is 17.8 Å². The third kappa shape index (κ3) is 1.89. The largest absolute Gasteiger partial charge is 0.506 e. The molecule has 0 bridgehead atoms. The summed E-state index contributed by atoms with van der Waals surface area (Å²) in [5.41, 5.74) is 5.20. The number of anilines is 1. The summed E-state index contributed by atoms with van der Waals surface area (Å²) in [4.78, 5) is -0.203. The Kier molecular flexibility index (Phi) is 2.41. The van der Waals surface area contributed by atoms with E-state index >= 15 is 0 Å². The summed E-state index contributed by atoms with van der Waals surface area (Å²) in [6.07, 6.45) is 0. The predicted molar refractivity (Wildman–Crippen MR) is 45.0 cm³/mol. The zero-order valence-corrected chi connectivity index (χ0v) is 7.28. The molecule has 0 radical (unpaired) electrons. The van der Waals surface area contributed by atoms with E-state index in [1.54, 1.807) is 0 Å². The summed E-state index contributed by atoms with van der Waals surface area (Å²) < 4.78 is 25.7. The van der Waals surface area contributed by atoms with Crippen molar-refractivity contribution in [3.05, 3.63) is 18.2 Å². The number of benzene rings is 1. The molecule has 72 valence electrons. The molecule has 0 saturated carbocycles. The molecule has 1 aromatic carbocycles. The summed E-state index contributed by atoms with van der Waals surface area (Å²) >= 11 is 0. The first-order valence-corrected chi connectivity index (χ1v) is 4.60. The lowest BCUT2D eigenvalue weighted by molar-refractivity contribution is 0.333. The smallest absolute Gasteiger partial charge is 0.312 e. The average molecular weight is 204 g/mol. The Morgan fingerprint density at radius 3 is 2.46 bits per heavy atom. The molecule has 13 heavy (non-hydrogen) atoms. The zero-order valence-electron chi connectivity index (χ0n) is 6.47. The molecule has 0 amide bonds. The lowest BCUT2D eigenvalue weighted by atomic mass is 10.3. The van der Waals surface area contributed by atoms with E-state index in [0.29, 0.717) is 0 Å². The Morgan fingerprint density at radius 2 is 2.00 bits per heavy atom. The van der Waals surface area contributed by atoms with Gasteiger partial charge in [-0.05, 0) is 18.2 Å². The van der Waals surface area contributed by atoms with Gasteiger partial charge in [0.05, 0.1) is 10.6 Å². The zero-order chi connectivity index (χ0) is 10.1. The van der Waals surface area contributed by atoms with Crippen molar-refractivity contribution >= 4 is 15.8 Å². The highest BCUT2D eigenvalue weighted by atomic mass is 32.2. The van der Waals surface area contributed by atoms with E-state index < -0.39 is 10.1 Å². The second kappa shape index (κ2) is 3.21. The Morgan fingerprint density at radius 1 is 1.38 bits per heavy atom. The molecule has 0 aliphatic carbocycles. The van der Waals surface area contributed by atoms with Gasteiger partial charge in [-0.2, -0.15) is 18.6 Å². The Bertz CT molecular complexity index is 415. The van der Waals surface area contributed by atoms with Crippen LogP contribution in [-0.4, -0.2) is 13.5 Å². The number of nitrogen functional groups attached to an aromatic ring is 1. The van der Waals surface area contributed by atoms with E-state index in [9.17, 15) is 8.42 Å². The van der Waals surface area contributed by atoms with E-state index in [1.165, 1.54) is 0 Å². The van der Waals surface area contributed by atoms with Crippen LogP contribution in [0.2, 0.25) is 0 Å². The molecule has 7 heteroatoms. The summed E-state index contributed by atoms with van der Waals surface area (Å²) in [6.45, 7) is 0. The minimum Gasteiger partial charge on any atom is -0.506 e. The van der Waals surface area contributed by atoms with Gasteiger partial charge in [-0.25, -0.2) is 0 Å². The van der Waals surface area contributed by atoms with Crippen LogP contribution < -0.4 is 11.6 Å². The fourth-order valence-corrected chi connectivity index (χ4v) is 1.36. The molecule has 0 heterocycles. The molecule has 6 nitrogen and oxygen atoms in total. The first-order chi connectivity index (χ1) is 5.97. The molecule has 0 atom stereocenters. The number of hydrogen-bond acceptors (Lipinski definition) is 6. The molecule has 0 aliphatic rings. The van der Waals surface area contributed by atoms with Gasteiger partial charge in [-0.1, -0.05) is 0 Å². The molecular formula is C6H8N2O4S. The van der Waals surface area contributed by atoms with E-state index in [2.05, 4.69) is 10.2 Å². The Labute approximate surface area is 74.8 Å². The average Bonchev–Trinajstić information content (AvgIpc) is 2.09. The first-order valence-electron chi connectivity index (χ1n) is 3.19. The minimum atomic E-state index is -3.95. The summed E-state index contributed by atoms with van der Waals surface area (Å²) in [6, 6.07) is 3.33. The summed E-state index contributed by atoms with van der Waals surface area (Å²) in [5, 5.41) is 8.99. The van der Waals surface area contributed by atoms with Gasteiger partial charge in [0, 0.05) is 0 Å². The predicted octanol–water partition coefficient (Wildman–Crippen LogP) is -0.447. The van der Waals surface area contributed by atoms with E-state index in [-0.39, 0.29) is 16.3 Å². The molecule has 5 N–H and O–H groups in total. The number of hydrogen-bond donors (Lipinski definition) is 3. The number of phenolic OH excluding ortho intramolecular Hbond substituents is 1. The minimum absolute atomic E-state index is 0.0573. The quantitative estimate of drug-likeness (QED) is 0.341. The summed E-state index contributed by atoms with van der Waals surface area (Å²) in [7, 11) is -3.95. The molecule has 0 unspecified atom stereocenters. The van der Waals surface area contributed by atoms with Crippen molar-refractivity contribution in [1.29, 1.82) is 0 Å². The van der Waals surface area contributed by atoms with Crippen molar-refractivity contribution in [3.63, 3.8) is 0 Å². The van der Waals surface area contributed by atoms with E-state index in [1.807, 2.05) is 0 Å². The van der Waals surface area contributed by atoms with Gasteiger partial charge in [-0.3, -0.25) is 0 Å². The summed E-state index contributed by atoms with van der Waals surface area (Å²) in [5.74, 6) is 4.34. The fourth-order valence-electron chi connectivity index (χ4n) is 0.744. The van der Waals surface area contributed by atoms with E-state index in [4.69, 9.17) is 10.8 Å². The maximum absolute atomic E-state index is 11.0. The van der Waals surface area contributed by atoms with E-state index in [0.717, 1.165) is 18.2 Å². The third-order valence-corrected chi connectivity index (χ3v) is 2.50. The number of rotatable bonds is 2. The van der Waals surface area contributed by atoms with Crippen molar-refractivity contribution in [1.82, 2.24) is 0 Å². The van der Waals surface area contributed by atoms with Gasteiger partial charge < -0.3 is 10.8 Å². The van der Waals surface area contributed by atoms with Crippen LogP contribution in [0.5, 0.6) is 5.75 Å². The monoisotopic (exact) mass is 204 g/mol. The van der Waals surface area contributed by atoms with Crippen molar-refractivity contribution in [2.45, 2.75) is 4.90 Å². The van der Waals surface area contributed by atoms with Crippen LogP contribution in [0.1, 0.15) is 0 Å². The highest BCUT2D eigenvalue weighted by Crippen LogP contribution is 2.23. The Balaban J connectivity index is 3.27. The van der Waals surface area contributed by atoms with Crippen LogP contribution in [-0.2, 0) is 14.4 Å². The fraction of sp³-hybridized carbons (Fsp3) is 0. The third-order valence-electron chi connectivity index (χ3n) is 1.41. The molecule has 0 aromatic heterocycles. The van der Waals surface area contributed by atoms with Crippen molar-refractivity contribution in [3.8, 4) is 5.75 Å². The second-order valence-electron chi connectivity index (χ2n) is 2.27. The van der Waals surface area contributed by atoms with Gasteiger partial charge in [-0.15, -0.1) is 0 Å². The molecule has 0 saturated heterocycles. The maximum atomic E-state index is 11.0. The van der Waals surface area contributed by atoms with Crippen LogP contribution in [0.15, 0.2) is 23.1 Å². The second-order valence-corrected chi connectivity index (χ2v) is 3.84. The number of nitrogens with two attached hydrogens (primary N) is 2. The highest BCUT2D eigenvalue weighted by Gasteiger charge is 2.14. The SMILES string of the molecule is NOS(=O)(=O)c1ccc(O)c(N)c1. The lowest BCUT2D eigenvalue weighted by Crippen LogP contribution is -2.11. The van der Waals surface area contributed by atoms with Gasteiger partial charge in [0.25, 0.3) is 0 Å². The molecule has 1 aromatic rings. The van der Waals surface area contributed by atoms with Gasteiger partial charge in [0.15, 0.2) is 0 Å². The Hall–Kier alpha value is -1.31. The van der Waals surface area contributed by atoms with Crippen LogP contribution in [0, 0.1) is 0 Å². The van der Waals surface area contributed by atoms with Crippen molar-refractivity contribution in [2.75, 3.05) is 5.73 Å². The first kappa shape index (κ1) is 9.78. The standard InChI is InChI=1S/C6H8N2O4S/c7-5-3-4(1-2-6(5)9)13(10,11)12-8/h1-3,9H,7-8H2. The molecule has 1 rings (SSSR count).